The molecule has 198 valence electrons. The van der Waals surface area contributed by atoms with E-state index in [0.29, 0.717) is 45.2 Å². The molecule has 1 aliphatic rings. The first kappa shape index (κ1) is 28.3. The Kier molecular flexibility index (Phi) is 10.4. The highest BCUT2D eigenvalue weighted by Gasteiger charge is 2.32. The van der Waals surface area contributed by atoms with Gasteiger partial charge in [-0.3, -0.25) is 9.59 Å². The van der Waals surface area contributed by atoms with E-state index in [1.165, 1.54) is 16.4 Å². The summed E-state index contributed by atoms with van der Waals surface area (Å²) in [5.74, 6) is -0.542. The van der Waals surface area contributed by atoms with E-state index in [-0.39, 0.29) is 49.1 Å². The number of rotatable bonds is 12. The van der Waals surface area contributed by atoms with Gasteiger partial charge in [0.1, 0.15) is 5.82 Å². The Balaban J connectivity index is 1.73. The summed E-state index contributed by atoms with van der Waals surface area (Å²) in [4.78, 5) is 30.9. The molecule has 0 unspecified atom stereocenters. The van der Waals surface area contributed by atoms with Crippen molar-refractivity contribution in [1.82, 2.24) is 14.1 Å². The second-order valence-electron chi connectivity index (χ2n) is 9.17. The highest BCUT2D eigenvalue weighted by atomic mass is 32.2. The van der Waals surface area contributed by atoms with Gasteiger partial charge < -0.3 is 9.80 Å². The maximum Gasteiger partial charge on any atom is 0.238 e. The molecule has 1 aliphatic heterocycles. The monoisotopic (exact) mass is 537 g/mol. The fourth-order valence-corrected chi connectivity index (χ4v) is 6.74. The first-order valence-electron chi connectivity index (χ1n) is 12.5. The number of benzene rings is 1. The summed E-state index contributed by atoms with van der Waals surface area (Å²) >= 11 is 1.56. The lowest BCUT2D eigenvalue weighted by Gasteiger charge is -2.39. The van der Waals surface area contributed by atoms with Crippen LogP contribution in [0.5, 0.6) is 0 Å². The number of hydrogen-bond donors (Lipinski definition) is 0. The number of amides is 2. The standard InChI is InChI=1S/C26H36FN3O4S2/c1-3-13-29(36(33,34)17-4-2)20-26(32)30(19-21-7-9-22(27)10-8-21)23-11-14-28(15-12-23)25(31)18-24-6-5-16-35-24/h5-10,16,23H,3-4,11-15,17-20H2,1-2H3. The third-order valence-corrected chi connectivity index (χ3v) is 9.29. The Morgan fingerprint density at radius 3 is 2.36 bits per heavy atom. The molecule has 0 atom stereocenters. The molecule has 0 spiro atoms. The molecule has 10 heteroatoms. The Bertz CT molecular complexity index is 1080. The van der Waals surface area contributed by atoms with E-state index < -0.39 is 10.0 Å². The number of carbonyl (C=O) groups is 2. The molecule has 1 saturated heterocycles. The number of thiophene rings is 1. The van der Waals surface area contributed by atoms with Crippen LogP contribution in [-0.2, 0) is 32.6 Å². The minimum absolute atomic E-state index is 0.00296. The van der Waals surface area contributed by atoms with E-state index in [4.69, 9.17) is 0 Å². The predicted octanol–water partition coefficient (Wildman–Crippen LogP) is 3.90. The number of nitrogens with zero attached hydrogens (tertiary/aromatic N) is 3. The lowest BCUT2D eigenvalue weighted by atomic mass is 10.0. The van der Waals surface area contributed by atoms with Crippen LogP contribution < -0.4 is 0 Å². The molecule has 2 heterocycles. The van der Waals surface area contributed by atoms with Crippen LogP contribution in [0.1, 0.15) is 50.0 Å². The number of halogens is 1. The van der Waals surface area contributed by atoms with Gasteiger partial charge in [0.15, 0.2) is 0 Å². The SMILES string of the molecule is CCCN(CC(=O)N(Cc1ccc(F)cc1)C1CCN(C(=O)Cc2cccs2)CC1)S(=O)(=O)CCC. The molecule has 1 fully saturated rings. The van der Waals surface area contributed by atoms with Crippen LogP contribution in [0, 0.1) is 5.82 Å². The molecular formula is C26H36FN3O4S2. The van der Waals surface area contributed by atoms with E-state index >= 15 is 0 Å². The quantitative estimate of drug-likeness (QED) is 0.412. The van der Waals surface area contributed by atoms with Gasteiger partial charge in [0.2, 0.25) is 21.8 Å². The zero-order valence-electron chi connectivity index (χ0n) is 21.1. The van der Waals surface area contributed by atoms with Gasteiger partial charge in [0.05, 0.1) is 18.7 Å². The maximum absolute atomic E-state index is 13.5. The van der Waals surface area contributed by atoms with Crippen molar-refractivity contribution in [3.05, 3.63) is 58.0 Å². The molecule has 2 aromatic rings. The van der Waals surface area contributed by atoms with Crippen LogP contribution in [0.4, 0.5) is 4.39 Å². The van der Waals surface area contributed by atoms with Crippen molar-refractivity contribution in [1.29, 1.82) is 0 Å². The van der Waals surface area contributed by atoms with E-state index in [2.05, 4.69) is 0 Å². The third kappa shape index (κ3) is 7.85. The van der Waals surface area contributed by atoms with Gasteiger partial charge in [-0.1, -0.05) is 32.0 Å². The fraction of sp³-hybridized carbons (Fsp3) is 0.538. The molecule has 0 radical (unpaired) electrons. The highest BCUT2D eigenvalue weighted by molar-refractivity contribution is 7.89. The van der Waals surface area contributed by atoms with Gasteiger partial charge in [-0.05, 0) is 54.8 Å². The summed E-state index contributed by atoms with van der Waals surface area (Å²) in [5, 5.41) is 1.95. The van der Waals surface area contributed by atoms with Crippen LogP contribution in [0.25, 0.3) is 0 Å². The van der Waals surface area contributed by atoms with Gasteiger partial charge in [0.25, 0.3) is 0 Å². The number of piperidine rings is 1. The van der Waals surface area contributed by atoms with Gasteiger partial charge in [-0.25, -0.2) is 12.8 Å². The van der Waals surface area contributed by atoms with E-state index in [1.54, 1.807) is 35.3 Å². The molecule has 0 saturated carbocycles. The summed E-state index contributed by atoms with van der Waals surface area (Å²) < 4.78 is 40.3. The van der Waals surface area contributed by atoms with Crippen molar-refractivity contribution in [3.63, 3.8) is 0 Å². The van der Waals surface area contributed by atoms with Crippen molar-refractivity contribution in [3.8, 4) is 0 Å². The minimum Gasteiger partial charge on any atom is -0.342 e. The molecule has 0 aliphatic carbocycles. The largest absolute Gasteiger partial charge is 0.342 e. The summed E-state index contributed by atoms with van der Waals surface area (Å²) in [7, 11) is -3.53. The van der Waals surface area contributed by atoms with E-state index in [9.17, 15) is 22.4 Å². The zero-order chi connectivity index (χ0) is 26.1. The lowest BCUT2D eigenvalue weighted by Crippen LogP contribution is -2.51. The van der Waals surface area contributed by atoms with Crippen molar-refractivity contribution < 1.29 is 22.4 Å². The second-order valence-corrected chi connectivity index (χ2v) is 12.3. The number of likely N-dealkylation sites (tertiary alicyclic amines) is 1. The summed E-state index contributed by atoms with van der Waals surface area (Å²) in [6.07, 6.45) is 2.69. The molecule has 7 nitrogen and oxygen atoms in total. The Morgan fingerprint density at radius 1 is 1.08 bits per heavy atom. The third-order valence-electron chi connectivity index (χ3n) is 6.39. The van der Waals surface area contributed by atoms with Crippen LogP contribution in [0.2, 0.25) is 0 Å². The molecule has 0 bridgehead atoms. The molecule has 1 aromatic carbocycles. The molecule has 3 rings (SSSR count). The van der Waals surface area contributed by atoms with Gasteiger partial charge >= 0.3 is 0 Å². The van der Waals surface area contributed by atoms with Gasteiger partial charge in [0, 0.05) is 37.1 Å². The normalized spacial score (nSPS) is 14.8. The van der Waals surface area contributed by atoms with Gasteiger partial charge in [-0.15, -0.1) is 11.3 Å². The molecule has 1 aromatic heterocycles. The van der Waals surface area contributed by atoms with Crippen LogP contribution >= 0.6 is 11.3 Å². The van der Waals surface area contributed by atoms with Gasteiger partial charge in [-0.2, -0.15) is 4.31 Å². The topological polar surface area (TPSA) is 78.0 Å². The van der Waals surface area contributed by atoms with Crippen LogP contribution in [0.15, 0.2) is 41.8 Å². The zero-order valence-corrected chi connectivity index (χ0v) is 22.7. The van der Waals surface area contributed by atoms with Crippen molar-refractivity contribution in [2.75, 3.05) is 31.9 Å². The lowest BCUT2D eigenvalue weighted by molar-refractivity contribution is -0.137. The summed E-state index contributed by atoms with van der Waals surface area (Å²) in [5.41, 5.74) is 0.777. The number of sulfonamides is 1. The van der Waals surface area contributed by atoms with Crippen LogP contribution in [-0.4, -0.2) is 72.3 Å². The van der Waals surface area contributed by atoms with E-state index in [1.807, 2.05) is 29.3 Å². The minimum atomic E-state index is -3.53. The number of hydrogen-bond acceptors (Lipinski definition) is 5. The van der Waals surface area contributed by atoms with Crippen molar-refractivity contribution in [2.45, 2.75) is 58.5 Å². The fourth-order valence-electron chi connectivity index (χ4n) is 4.50. The maximum atomic E-state index is 13.5. The molecule has 0 N–H and O–H groups in total. The average molecular weight is 538 g/mol. The average Bonchev–Trinajstić information content (AvgIpc) is 3.36. The molecule has 36 heavy (non-hydrogen) atoms. The second kappa shape index (κ2) is 13.3. The number of carbonyl (C=O) groups excluding carboxylic acids is 2. The first-order chi connectivity index (χ1) is 17.2. The summed E-state index contributed by atoms with van der Waals surface area (Å²) in [6, 6.07) is 9.76. The molecule has 2 amide bonds. The Hall–Kier alpha value is -2.30. The smallest absolute Gasteiger partial charge is 0.238 e. The highest BCUT2D eigenvalue weighted by Crippen LogP contribution is 2.22. The van der Waals surface area contributed by atoms with Crippen molar-refractivity contribution >= 4 is 33.2 Å². The Labute approximate surface area is 217 Å². The van der Waals surface area contributed by atoms with Crippen molar-refractivity contribution in [2.24, 2.45) is 0 Å². The van der Waals surface area contributed by atoms with E-state index in [0.717, 1.165) is 10.4 Å². The predicted molar refractivity (Wildman–Crippen MR) is 141 cm³/mol. The summed E-state index contributed by atoms with van der Waals surface area (Å²) in [6.45, 7) is 5.10. The molecular weight excluding hydrogens is 501 g/mol. The van der Waals surface area contributed by atoms with Crippen LogP contribution in [0.3, 0.4) is 0 Å². The Morgan fingerprint density at radius 2 is 1.78 bits per heavy atom. The first-order valence-corrected chi connectivity index (χ1v) is 15.0.